The van der Waals surface area contributed by atoms with Crippen LogP contribution in [-0.4, -0.2) is 25.3 Å². The van der Waals surface area contributed by atoms with Crippen molar-refractivity contribution in [2.45, 2.75) is 6.54 Å². The maximum atomic E-state index is 12.1. The molecule has 0 radical (unpaired) electrons. The number of amides is 1. The van der Waals surface area contributed by atoms with Crippen molar-refractivity contribution in [1.29, 1.82) is 0 Å². The first kappa shape index (κ1) is 11.6. The molecule has 6 nitrogen and oxygen atoms in total. The van der Waals surface area contributed by atoms with Gasteiger partial charge in [0, 0.05) is 24.0 Å². The van der Waals surface area contributed by atoms with Crippen LogP contribution in [0.25, 0.3) is 15.3 Å². The van der Waals surface area contributed by atoms with Crippen LogP contribution in [0.1, 0.15) is 15.5 Å². The van der Waals surface area contributed by atoms with Crippen molar-refractivity contribution in [1.82, 2.24) is 24.7 Å². The van der Waals surface area contributed by atoms with E-state index in [9.17, 15) is 4.79 Å². The molecule has 0 atom stereocenters. The minimum absolute atomic E-state index is 0.103. The van der Waals surface area contributed by atoms with Gasteiger partial charge in [-0.15, -0.1) is 22.7 Å². The minimum atomic E-state index is -0.103. The lowest BCUT2D eigenvalue weighted by molar-refractivity contribution is 0.0954. The molecule has 4 aromatic rings. The van der Waals surface area contributed by atoms with Crippen LogP contribution in [0.2, 0.25) is 0 Å². The van der Waals surface area contributed by atoms with Gasteiger partial charge in [0.15, 0.2) is 4.96 Å². The fraction of sp³-hybridized carbons (Fsp3) is 0.0833. The molecule has 8 heteroatoms. The Labute approximate surface area is 121 Å². The van der Waals surface area contributed by atoms with E-state index in [1.165, 1.54) is 11.3 Å². The van der Waals surface area contributed by atoms with Crippen LogP contribution in [0, 0.1) is 0 Å². The molecule has 0 saturated carbocycles. The second kappa shape index (κ2) is 4.43. The number of aromatic nitrogens is 4. The third-order valence-corrected chi connectivity index (χ3v) is 4.71. The number of carbonyl (C=O) groups excluding carboxylic acids is 1. The van der Waals surface area contributed by atoms with Crippen molar-refractivity contribution in [3.05, 3.63) is 40.7 Å². The summed E-state index contributed by atoms with van der Waals surface area (Å²) in [5.41, 5.74) is 0.981. The zero-order valence-corrected chi connectivity index (χ0v) is 11.8. The zero-order chi connectivity index (χ0) is 13.5. The lowest BCUT2D eigenvalue weighted by Crippen LogP contribution is -2.22. The first-order valence-electron chi connectivity index (χ1n) is 5.93. The Morgan fingerprint density at radius 1 is 1.50 bits per heavy atom. The Morgan fingerprint density at radius 2 is 2.45 bits per heavy atom. The number of rotatable bonds is 3. The molecule has 0 aliphatic rings. The predicted molar refractivity (Wildman–Crippen MR) is 78.2 cm³/mol. The van der Waals surface area contributed by atoms with Crippen molar-refractivity contribution >= 4 is 43.9 Å². The fourth-order valence-electron chi connectivity index (χ4n) is 2.01. The third kappa shape index (κ3) is 1.81. The number of aromatic amines is 1. The van der Waals surface area contributed by atoms with Gasteiger partial charge >= 0.3 is 0 Å². The van der Waals surface area contributed by atoms with Gasteiger partial charge in [-0.25, -0.2) is 9.97 Å². The van der Waals surface area contributed by atoms with E-state index < -0.39 is 0 Å². The fourth-order valence-corrected chi connectivity index (χ4v) is 3.72. The maximum Gasteiger partial charge on any atom is 0.261 e. The Balaban J connectivity index is 1.60. The number of imidazole rings is 2. The second-order valence-corrected chi connectivity index (χ2v) is 6.09. The number of carbonyl (C=O) groups is 1. The Morgan fingerprint density at radius 3 is 3.30 bits per heavy atom. The summed E-state index contributed by atoms with van der Waals surface area (Å²) >= 11 is 2.99. The van der Waals surface area contributed by atoms with Crippen molar-refractivity contribution in [2.75, 3.05) is 0 Å². The van der Waals surface area contributed by atoms with Crippen LogP contribution >= 0.6 is 22.7 Å². The molecule has 20 heavy (non-hydrogen) atoms. The summed E-state index contributed by atoms with van der Waals surface area (Å²) in [7, 11) is 0. The predicted octanol–water partition coefficient (Wildman–Crippen LogP) is 2.26. The number of hydrogen-bond acceptors (Lipinski definition) is 5. The summed E-state index contributed by atoms with van der Waals surface area (Å²) in [6.07, 6.45) is 5.36. The van der Waals surface area contributed by atoms with E-state index in [4.69, 9.17) is 0 Å². The van der Waals surface area contributed by atoms with E-state index in [2.05, 4.69) is 20.3 Å². The van der Waals surface area contributed by atoms with Crippen LogP contribution in [0.15, 0.2) is 30.0 Å². The molecule has 4 rings (SSSR count). The van der Waals surface area contributed by atoms with E-state index >= 15 is 0 Å². The lowest BCUT2D eigenvalue weighted by atomic mass is 10.4. The topological polar surface area (TPSA) is 75.1 Å². The van der Waals surface area contributed by atoms with Gasteiger partial charge in [-0.2, -0.15) is 0 Å². The smallest absolute Gasteiger partial charge is 0.261 e. The molecule has 0 aliphatic heterocycles. The van der Waals surface area contributed by atoms with E-state index in [-0.39, 0.29) is 5.91 Å². The molecular formula is C12H9N5OS2. The normalized spacial score (nSPS) is 11.4. The summed E-state index contributed by atoms with van der Waals surface area (Å²) in [6.45, 7) is 0.391. The number of H-pyrrole nitrogens is 1. The molecule has 0 fully saturated rings. The maximum absolute atomic E-state index is 12.1. The van der Waals surface area contributed by atoms with Gasteiger partial charge in [0.05, 0.1) is 16.9 Å². The molecule has 0 bridgehead atoms. The largest absolute Gasteiger partial charge is 0.347 e. The van der Waals surface area contributed by atoms with Crippen LogP contribution in [0.4, 0.5) is 0 Å². The number of hydrogen-bond donors (Lipinski definition) is 2. The van der Waals surface area contributed by atoms with Gasteiger partial charge in [-0.05, 0) is 6.07 Å². The number of thiophene rings is 1. The molecule has 2 N–H and O–H groups in total. The number of nitrogens with zero attached hydrogens (tertiary/aromatic N) is 3. The highest BCUT2D eigenvalue weighted by Gasteiger charge is 2.14. The molecule has 0 aromatic carbocycles. The lowest BCUT2D eigenvalue weighted by Gasteiger charge is -1.99. The summed E-state index contributed by atoms with van der Waals surface area (Å²) < 4.78 is 2.00. The van der Waals surface area contributed by atoms with Crippen molar-refractivity contribution in [2.24, 2.45) is 0 Å². The van der Waals surface area contributed by atoms with Gasteiger partial charge in [-0.3, -0.25) is 9.20 Å². The van der Waals surface area contributed by atoms with Crippen molar-refractivity contribution < 1.29 is 4.79 Å². The van der Waals surface area contributed by atoms with Crippen LogP contribution in [0.5, 0.6) is 0 Å². The number of fused-ring (bicyclic) bond motifs is 3. The number of thiazole rings is 1. The van der Waals surface area contributed by atoms with E-state index in [1.807, 2.05) is 22.0 Å². The standard InChI is InChI=1S/C12H9N5OS2/c18-10(15-6-9-13-1-2-14-9)8-5-7-11(20-8)16-12-17(7)3-4-19-12/h1-5H,6H2,(H,13,14)(H,15,18). The molecule has 100 valence electrons. The molecule has 0 aliphatic carbocycles. The molecular weight excluding hydrogens is 294 g/mol. The molecule has 0 unspecified atom stereocenters. The van der Waals surface area contributed by atoms with Crippen LogP contribution < -0.4 is 5.32 Å². The minimum Gasteiger partial charge on any atom is -0.347 e. The molecule has 4 heterocycles. The molecule has 0 saturated heterocycles. The highest BCUT2D eigenvalue weighted by atomic mass is 32.1. The van der Waals surface area contributed by atoms with E-state index in [0.29, 0.717) is 11.4 Å². The van der Waals surface area contributed by atoms with Crippen LogP contribution in [-0.2, 0) is 6.54 Å². The van der Waals surface area contributed by atoms with Crippen molar-refractivity contribution in [3.63, 3.8) is 0 Å². The number of nitrogens with one attached hydrogen (secondary N) is 2. The van der Waals surface area contributed by atoms with Crippen molar-refractivity contribution in [3.8, 4) is 0 Å². The first-order chi connectivity index (χ1) is 9.81. The third-order valence-electron chi connectivity index (χ3n) is 2.93. The average Bonchev–Trinajstić information content (AvgIpc) is 3.17. The van der Waals surface area contributed by atoms with Gasteiger partial charge in [0.2, 0.25) is 0 Å². The molecule has 4 aromatic heterocycles. The molecule has 0 spiro atoms. The second-order valence-electron chi connectivity index (χ2n) is 4.19. The SMILES string of the molecule is O=C(NCc1ncc[nH]1)c1cc2c(nc3sccn32)s1. The Hall–Kier alpha value is -2.19. The zero-order valence-electron chi connectivity index (χ0n) is 10.2. The summed E-state index contributed by atoms with van der Waals surface area (Å²) in [4.78, 5) is 26.1. The Bertz CT molecular complexity index is 886. The monoisotopic (exact) mass is 303 g/mol. The van der Waals surface area contributed by atoms with E-state index in [1.54, 1.807) is 23.7 Å². The van der Waals surface area contributed by atoms with E-state index in [0.717, 1.165) is 21.1 Å². The quantitative estimate of drug-likeness (QED) is 0.609. The highest BCUT2D eigenvalue weighted by molar-refractivity contribution is 7.21. The van der Waals surface area contributed by atoms with Gasteiger partial charge in [0.1, 0.15) is 10.7 Å². The first-order valence-corrected chi connectivity index (χ1v) is 7.62. The Kier molecular flexibility index (Phi) is 2.57. The average molecular weight is 303 g/mol. The van der Waals surface area contributed by atoms with Gasteiger partial charge in [0.25, 0.3) is 5.91 Å². The highest BCUT2D eigenvalue weighted by Crippen LogP contribution is 2.28. The van der Waals surface area contributed by atoms with Crippen LogP contribution in [0.3, 0.4) is 0 Å². The summed E-state index contributed by atoms with van der Waals surface area (Å²) in [5, 5.41) is 4.82. The van der Waals surface area contributed by atoms with Gasteiger partial charge in [-0.1, -0.05) is 0 Å². The summed E-state index contributed by atoms with van der Waals surface area (Å²) in [5.74, 6) is 0.634. The molecule has 1 amide bonds. The summed E-state index contributed by atoms with van der Waals surface area (Å²) in [6, 6.07) is 1.88. The van der Waals surface area contributed by atoms with Gasteiger partial charge < -0.3 is 10.3 Å².